The second-order valence-electron chi connectivity index (χ2n) is 37.1. The number of rotatable bonds is 27. The normalized spacial score (nSPS) is 14.2. The van der Waals surface area contributed by atoms with Crippen LogP contribution in [0.15, 0.2) is 244 Å². The van der Waals surface area contributed by atoms with Crippen LogP contribution in [0.25, 0.3) is 88.1 Å². The molecule has 5 saturated carbocycles. The predicted octanol–water partition coefficient (Wildman–Crippen LogP) is 18.4. The van der Waals surface area contributed by atoms with Gasteiger partial charge in [-0.15, -0.1) is 0 Å². The number of pyridine rings is 4. The van der Waals surface area contributed by atoms with Gasteiger partial charge in [0.2, 0.25) is 29.5 Å². The molecule has 5 aliphatic carbocycles. The van der Waals surface area contributed by atoms with Gasteiger partial charge >= 0.3 is 6.03 Å². The van der Waals surface area contributed by atoms with Gasteiger partial charge in [0.15, 0.2) is 22.8 Å². The van der Waals surface area contributed by atoms with E-state index in [1.165, 1.54) is 29.7 Å². The van der Waals surface area contributed by atoms with Crippen molar-refractivity contribution in [2.45, 2.75) is 96.6 Å². The number of carbonyl (C=O) groups is 10. The average Bonchev–Trinajstić information content (AvgIpc) is 1.60. The molecular formula is C108H105N25O10. The maximum absolute atomic E-state index is 13.3. The Morgan fingerprint density at radius 2 is 0.566 bits per heavy atom. The average molecular weight is 1910 g/mol. The number of piperidine rings is 1. The van der Waals surface area contributed by atoms with Crippen molar-refractivity contribution in [3.05, 3.63) is 278 Å². The molecule has 0 unspecified atom stereocenters. The minimum atomic E-state index is -0.406. The number of likely N-dealkylation sites (tertiary alicyclic amines) is 1. The minimum Gasteiger partial charge on any atom is -0.331 e. The van der Waals surface area contributed by atoms with Gasteiger partial charge in [-0.3, -0.25) is 88.4 Å². The summed E-state index contributed by atoms with van der Waals surface area (Å²) in [6.07, 6.45) is 27.0. The Balaban J connectivity index is 0.000000121. The predicted molar refractivity (Wildman–Crippen MR) is 551 cm³/mol. The van der Waals surface area contributed by atoms with E-state index in [2.05, 4.69) is 136 Å². The topological polar surface area (TPSA) is 467 Å². The third-order valence-electron chi connectivity index (χ3n) is 25.3. The molecule has 0 atom stereocenters. The zero-order valence-corrected chi connectivity index (χ0v) is 79.0. The van der Waals surface area contributed by atoms with Crippen molar-refractivity contribution in [3.8, 4) is 44.5 Å². The van der Waals surface area contributed by atoms with Crippen molar-refractivity contribution in [1.82, 2.24) is 75.4 Å². The first-order valence-corrected chi connectivity index (χ1v) is 47.8. The first-order valence-electron chi connectivity index (χ1n) is 47.8. The number of amides is 11. The van der Waals surface area contributed by atoms with Crippen molar-refractivity contribution in [3.63, 3.8) is 0 Å². The lowest BCUT2D eigenvalue weighted by Crippen LogP contribution is -2.29. The highest BCUT2D eigenvalue weighted by molar-refractivity contribution is 6.17. The molecule has 722 valence electrons. The van der Waals surface area contributed by atoms with Crippen molar-refractivity contribution in [2.75, 3.05) is 94.4 Å². The molecule has 0 spiro atoms. The highest BCUT2D eigenvalue weighted by atomic mass is 16.2. The summed E-state index contributed by atoms with van der Waals surface area (Å²) in [5.74, 6) is -1.21. The summed E-state index contributed by atoms with van der Waals surface area (Å²) in [7, 11) is 7.35. The second kappa shape index (κ2) is 42.6. The van der Waals surface area contributed by atoms with Crippen LogP contribution in [0.4, 0.5) is 61.7 Å². The largest absolute Gasteiger partial charge is 0.331 e. The molecule has 9 heterocycles. The smallest absolute Gasteiger partial charge is 0.321 e. The summed E-state index contributed by atoms with van der Waals surface area (Å²) < 4.78 is 0. The fourth-order valence-electron chi connectivity index (χ4n) is 16.7. The molecule has 8 aromatic heterocycles. The highest BCUT2D eigenvalue weighted by Gasteiger charge is 2.35. The minimum absolute atomic E-state index is 0.00677. The SMILES string of the molecule is CN(C)C(=O)Nc1cncc(-c2ccc3[nH]nc(C(=O)Nc4ccccc4NC(=O)C4CC4)c3c2)c1.CN(C)Cc1cncc(-c2ccc3[nH]nc(C(=O)Nc4ccccc4NC(=O)C4CC4)c3c2)c1.O=C(Nc1ccccc1NC(=O)C1CC1)c1n[nH]c2ccc(-c3cncc(CN4CCCCC4)c3)cc12.O=C(Nc1ccccc1NC(=O)C1CC1)c1n[nH]c2ccc(-c3cncc(NC(=O)C4CC4)c3)cc12. The molecule has 143 heavy (non-hydrogen) atoms. The molecule has 35 nitrogen and oxygen atoms in total. The number of hydrogen-bond acceptors (Lipinski definition) is 20. The summed E-state index contributed by atoms with van der Waals surface area (Å²) in [4.78, 5) is 149. The molecule has 8 aromatic carbocycles. The molecule has 0 bridgehead atoms. The first-order chi connectivity index (χ1) is 69.5. The fraction of sp³-hybridized carbons (Fsp3) is 0.241. The number of hydrogen-bond donors (Lipinski definition) is 14. The second-order valence-corrected chi connectivity index (χ2v) is 37.1. The molecule has 22 rings (SSSR count). The fourth-order valence-corrected chi connectivity index (χ4v) is 16.7. The van der Waals surface area contributed by atoms with Crippen LogP contribution in [-0.4, -0.2) is 176 Å². The van der Waals surface area contributed by atoms with Crippen LogP contribution in [0.2, 0.25) is 0 Å². The molecular weight excluding hydrogens is 1810 g/mol. The number of aromatic nitrogens is 12. The summed E-state index contributed by atoms with van der Waals surface area (Å²) in [5.41, 5.74) is 19.0. The number of benzene rings is 8. The van der Waals surface area contributed by atoms with E-state index < -0.39 is 11.8 Å². The Kier molecular flexibility index (Phi) is 28.2. The number of carbonyl (C=O) groups excluding carboxylic acids is 10. The van der Waals surface area contributed by atoms with Crippen molar-refractivity contribution < 1.29 is 47.9 Å². The Morgan fingerprint density at radius 1 is 0.294 bits per heavy atom. The summed E-state index contributed by atoms with van der Waals surface area (Å²) in [6, 6.07) is 59.3. The molecule has 1 saturated heterocycles. The lowest BCUT2D eigenvalue weighted by atomic mass is 10.0. The van der Waals surface area contributed by atoms with Gasteiger partial charge in [-0.1, -0.05) is 79.2 Å². The number of para-hydroxylation sites is 8. The van der Waals surface area contributed by atoms with E-state index in [1.807, 2.05) is 154 Å². The molecule has 16 aromatic rings. The van der Waals surface area contributed by atoms with Gasteiger partial charge in [0, 0.05) is 138 Å². The number of fused-ring (bicyclic) bond motifs is 4. The number of anilines is 10. The number of urea groups is 1. The van der Waals surface area contributed by atoms with Crippen molar-refractivity contribution in [2.24, 2.45) is 29.6 Å². The monoisotopic (exact) mass is 1910 g/mol. The van der Waals surface area contributed by atoms with Gasteiger partial charge in [0.1, 0.15) is 0 Å². The molecule has 0 radical (unpaired) electrons. The molecule has 6 fully saturated rings. The standard InChI is InChI=1S/C29H30N6O2.C27H24N6O3.C26H25N7O3.C26H26N6O2/c36-28(20-8-9-20)31-25-6-2-3-7-26(25)32-29(37)27-23-15-21(10-11-24(23)33-34-27)22-14-19(16-30-17-22)18-35-12-4-1-5-13-35;34-25(15-5-6-15)29-19-11-18(13-28-14-19)17-9-10-21-20(12-17)24(33-32-21)27(36)31-23-4-2-1-3-22(23)30-26(35)16-7-8-16;1-33(2)26(36)28-18-11-17(13-27-14-18)16-9-10-20-19(12-16)23(32-31-20)25(35)30-22-6-4-3-5-21(22)29-24(34)15-7-8-15;1-32(2)15-16-11-19(14-27-13-16)18-9-10-21-20(12-18)24(31-30-21)26(34)29-23-6-4-3-5-22(23)28-25(33)17-7-8-17/h2-3,6-7,10-11,14-17,20H,1,4-5,8-9,12-13,18H2,(H,31,36)(H,32,37)(H,33,34);1-4,9-16H,5-8H2,(H,29,34)(H,30,35)(H,31,36)(H,32,33);3-6,9-15H,7-8H2,1-2H3,(H,28,36)(H,29,34)(H,30,35)(H,31,32);3-6,9-14,17H,7-8,15H2,1-2H3,(H,28,33)(H,29,34)(H,30,31). The van der Waals surface area contributed by atoms with Crippen LogP contribution in [0.1, 0.15) is 137 Å². The number of aromatic amines is 4. The van der Waals surface area contributed by atoms with E-state index in [0.29, 0.717) is 89.8 Å². The van der Waals surface area contributed by atoms with Crippen LogP contribution in [0.5, 0.6) is 0 Å². The number of nitrogens with zero attached hydrogens (tertiary/aromatic N) is 11. The summed E-state index contributed by atoms with van der Waals surface area (Å²) in [5, 5.41) is 60.4. The van der Waals surface area contributed by atoms with Crippen LogP contribution in [0, 0.1) is 29.6 Å². The van der Waals surface area contributed by atoms with E-state index in [9.17, 15) is 47.9 Å². The molecule has 1 aliphatic heterocycles. The van der Waals surface area contributed by atoms with Crippen LogP contribution < -0.4 is 53.2 Å². The third-order valence-corrected chi connectivity index (χ3v) is 25.3. The Labute approximate surface area is 821 Å². The van der Waals surface area contributed by atoms with E-state index in [4.69, 9.17) is 0 Å². The number of H-pyrrole nitrogens is 4. The molecule has 35 heteroatoms. The zero-order chi connectivity index (χ0) is 98.7. The maximum atomic E-state index is 13.3. The lowest BCUT2D eigenvalue weighted by molar-refractivity contribution is -0.118. The van der Waals surface area contributed by atoms with Gasteiger partial charge in [-0.05, 0) is 259 Å². The quantitative estimate of drug-likeness (QED) is 0.0227. The van der Waals surface area contributed by atoms with E-state index >= 15 is 0 Å². The van der Waals surface area contributed by atoms with Crippen molar-refractivity contribution >= 4 is 160 Å². The Bertz CT molecular complexity index is 7350. The first kappa shape index (κ1) is 94.6. The van der Waals surface area contributed by atoms with E-state index in [0.717, 1.165) is 157 Å². The Morgan fingerprint density at radius 3 is 0.867 bits per heavy atom. The van der Waals surface area contributed by atoms with Gasteiger partial charge < -0.3 is 63.0 Å². The molecule has 14 N–H and O–H groups in total. The van der Waals surface area contributed by atoms with Crippen LogP contribution in [0.3, 0.4) is 0 Å². The van der Waals surface area contributed by atoms with Gasteiger partial charge in [-0.2, -0.15) is 20.4 Å². The van der Waals surface area contributed by atoms with Crippen LogP contribution >= 0.6 is 0 Å². The molecule has 6 aliphatic rings. The Hall–Kier alpha value is -17.3. The van der Waals surface area contributed by atoms with E-state index in [1.54, 1.807) is 106 Å². The number of nitrogens with one attached hydrogen (secondary N) is 14. The van der Waals surface area contributed by atoms with E-state index in [-0.39, 0.29) is 94.1 Å². The van der Waals surface area contributed by atoms with Crippen LogP contribution in [-0.2, 0) is 37.1 Å². The summed E-state index contributed by atoms with van der Waals surface area (Å²) >= 11 is 0. The van der Waals surface area contributed by atoms with Crippen molar-refractivity contribution in [1.29, 1.82) is 0 Å². The highest BCUT2D eigenvalue weighted by Crippen LogP contribution is 2.40. The summed E-state index contributed by atoms with van der Waals surface area (Å²) in [6.45, 7) is 3.96. The van der Waals surface area contributed by atoms with Gasteiger partial charge in [0.25, 0.3) is 23.6 Å². The van der Waals surface area contributed by atoms with Gasteiger partial charge in [-0.25, -0.2) is 4.79 Å². The third kappa shape index (κ3) is 23.6. The molecule has 11 amide bonds. The van der Waals surface area contributed by atoms with Gasteiger partial charge in [0.05, 0.1) is 91.3 Å². The zero-order valence-electron chi connectivity index (χ0n) is 79.0. The lowest BCUT2D eigenvalue weighted by Gasteiger charge is -2.26. The maximum Gasteiger partial charge on any atom is 0.321 e.